The maximum atomic E-state index is 11.8. The number of nitrogens with zero attached hydrogens (tertiary/aromatic N) is 2. The molecule has 1 aromatic heterocycles. The van der Waals surface area contributed by atoms with Gasteiger partial charge in [-0.15, -0.1) is 0 Å². The third-order valence-electron chi connectivity index (χ3n) is 2.49. The van der Waals surface area contributed by atoms with Crippen LogP contribution in [0.15, 0.2) is 34.9 Å². The molecule has 2 aromatic rings. The standard InChI is InChI=1S/C13H13N3O4/c14-13(18)19-8-4-7-10(17)11-15-12(20-16-11)9-5-2-1-3-6-9/h1-3,5-6H,4,7-8H2,(H2,14,18). The lowest BCUT2D eigenvalue weighted by molar-refractivity contribution is 0.0950. The molecule has 7 nitrogen and oxygen atoms in total. The largest absolute Gasteiger partial charge is 0.450 e. The SMILES string of the molecule is NC(=O)OCCCC(=O)c1noc(-c2ccccc2)n1. The normalized spacial score (nSPS) is 10.2. The minimum absolute atomic E-state index is 0.0166. The van der Waals surface area contributed by atoms with Gasteiger partial charge in [0.2, 0.25) is 11.6 Å². The van der Waals surface area contributed by atoms with Gasteiger partial charge in [-0.05, 0) is 18.6 Å². The molecule has 0 aliphatic heterocycles. The summed E-state index contributed by atoms with van der Waals surface area (Å²) in [5.41, 5.74) is 5.55. The summed E-state index contributed by atoms with van der Waals surface area (Å²) in [6, 6.07) is 9.15. The summed E-state index contributed by atoms with van der Waals surface area (Å²) in [6.07, 6.45) is -0.346. The Hall–Kier alpha value is -2.70. The van der Waals surface area contributed by atoms with E-state index in [1.165, 1.54) is 0 Å². The minimum Gasteiger partial charge on any atom is -0.450 e. The van der Waals surface area contributed by atoms with Crippen LogP contribution in [-0.4, -0.2) is 28.6 Å². The number of amides is 1. The summed E-state index contributed by atoms with van der Waals surface area (Å²) in [7, 11) is 0. The zero-order chi connectivity index (χ0) is 14.4. The average molecular weight is 275 g/mol. The molecule has 104 valence electrons. The number of carbonyl (C=O) groups excluding carboxylic acids is 2. The van der Waals surface area contributed by atoms with E-state index in [1.807, 2.05) is 30.3 Å². The number of ketones is 1. The van der Waals surface area contributed by atoms with E-state index in [2.05, 4.69) is 14.9 Å². The molecule has 2 N–H and O–H groups in total. The maximum Gasteiger partial charge on any atom is 0.404 e. The van der Waals surface area contributed by atoms with Crippen molar-refractivity contribution in [3.05, 3.63) is 36.2 Å². The van der Waals surface area contributed by atoms with Crippen molar-refractivity contribution in [1.82, 2.24) is 10.1 Å². The van der Waals surface area contributed by atoms with Gasteiger partial charge in [-0.3, -0.25) is 4.79 Å². The van der Waals surface area contributed by atoms with Gasteiger partial charge in [0.25, 0.3) is 5.89 Å². The first kappa shape index (κ1) is 13.7. The highest BCUT2D eigenvalue weighted by Crippen LogP contribution is 2.16. The van der Waals surface area contributed by atoms with E-state index >= 15 is 0 Å². The molecule has 1 aromatic carbocycles. The molecular formula is C13H13N3O4. The Bertz CT molecular complexity index is 595. The highest BCUT2D eigenvalue weighted by Gasteiger charge is 2.15. The van der Waals surface area contributed by atoms with Crippen LogP contribution in [0.4, 0.5) is 4.79 Å². The van der Waals surface area contributed by atoms with Gasteiger partial charge in [0.1, 0.15) is 0 Å². The van der Waals surface area contributed by atoms with Crippen molar-refractivity contribution in [3.63, 3.8) is 0 Å². The van der Waals surface area contributed by atoms with Gasteiger partial charge in [-0.2, -0.15) is 4.98 Å². The van der Waals surface area contributed by atoms with Crippen molar-refractivity contribution in [2.45, 2.75) is 12.8 Å². The number of Topliss-reactive ketones (excluding diaryl/α,β-unsaturated/α-hetero) is 1. The van der Waals surface area contributed by atoms with E-state index in [-0.39, 0.29) is 24.6 Å². The molecule has 0 saturated carbocycles. The van der Waals surface area contributed by atoms with E-state index in [0.717, 1.165) is 5.56 Å². The molecule has 0 aliphatic carbocycles. The van der Waals surface area contributed by atoms with E-state index in [4.69, 9.17) is 10.3 Å². The number of ether oxygens (including phenoxy) is 1. The quantitative estimate of drug-likeness (QED) is 0.636. The van der Waals surface area contributed by atoms with E-state index in [0.29, 0.717) is 12.3 Å². The summed E-state index contributed by atoms with van der Waals surface area (Å²) in [6.45, 7) is 0.0878. The second-order valence-electron chi connectivity index (χ2n) is 3.98. The fourth-order valence-corrected chi connectivity index (χ4v) is 1.55. The molecule has 0 unspecified atom stereocenters. The van der Waals surface area contributed by atoms with Crippen molar-refractivity contribution < 1.29 is 18.8 Å². The highest BCUT2D eigenvalue weighted by atomic mass is 16.5. The zero-order valence-electron chi connectivity index (χ0n) is 10.6. The molecule has 1 heterocycles. The second kappa shape index (κ2) is 6.46. The van der Waals surface area contributed by atoms with Crippen LogP contribution in [0.5, 0.6) is 0 Å². The molecule has 0 spiro atoms. The molecule has 7 heteroatoms. The summed E-state index contributed by atoms with van der Waals surface area (Å²) < 4.78 is 9.55. The van der Waals surface area contributed by atoms with Crippen LogP contribution >= 0.6 is 0 Å². The lowest BCUT2D eigenvalue weighted by atomic mass is 10.2. The van der Waals surface area contributed by atoms with Gasteiger partial charge < -0.3 is 15.0 Å². The molecule has 0 aliphatic rings. The predicted molar refractivity (Wildman–Crippen MR) is 68.8 cm³/mol. The molecule has 2 rings (SSSR count). The van der Waals surface area contributed by atoms with Gasteiger partial charge >= 0.3 is 6.09 Å². The number of primary amides is 1. The second-order valence-corrected chi connectivity index (χ2v) is 3.98. The Balaban J connectivity index is 1.92. The first-order valence-corrected chi connectivity index (χ1v) is 6.01. The molecule has 0 radical (unpaired) electrons. The van der Waals surface area contributed by atoms with Crippen molar-refractivity contribution >= 4 is 11.9 Å². The van der Waals surface area contributed by atoms with E-state index in [9.17, 15) is 9.59 Å². The third kappa shape index (κ3) is 3.64. The zero-order valence-corrected chi connectivity index (χ0v) is 10.6. The van der Waals surface area contributed by atoms with Crippen LogP contribution < -0.4 is 5.73 Å². The summed E-state index contributed by atoms with van der Waals surface area (Å²) in [5, 5.41) is 3.64. The molecule has 0 bridgehead atoms. The maximum absolute atomic E-state index is 11.8. The molecule has 20 heavy (non-hydrogen) atoms. The van der Waals surface area contributed by atoms with Crippen LogP contribution in [0.1, 0.15) is 23.5 Å². The lowest BCUT2D eigenvalue weighted by Crippen LogP contribution is -2.14. The smallest absolute Gasteiger partial charge is 0.404 e. The summed E-state index contributed by atoms with van der Waals surface area (Å²) in [5.74, 6) is 0.0364. The number of hydrogen-bond donors (Lipinski definition) is 1. The topological polar surface area (TPSA) is 108 Å². The van der Waals surface area contributed by atoms with Gasteiger partial charge in [0.15, 0.2) is 0 Å². The number of aromatic nitrogens is 2. The van der Waals surface area contributed by atoms with Crippen molar-refractivity contribution in [2.75, 3.05) is 6.61 Å². The minimum atomic E-state index is -0.858. The third-order valence-corrected chi connectivity index (χ3v) is 2.49. The summed E-state index contributed by atoms with van der Waals surface area (Å²) >= 11 is 0. The van der Waals surface area contributed by atoms with E-state index < -0.39 is 6.09 Å². The Kier molecular flexibility index (Phi) is 4.43. The Morgan fingerprint density at radius 3 is 2.70 bits per heavy atom. The van der Waals surface area contributed by atoms with Crippen molar-refractivity contribution in [3.8, 4) is 11.5 Å². The van der Waals surface area contributed by atoms with Crippen molar-refractivity contribution in [1.29, 1.82) is 0 Å². The number of nitrogens with two attached hydrogens (primary N) is 1. The van der Waals surface area contributed by atoms with Crippen molar-refractivity contribution in [2.24, 2.45) is 5.73 Å². The number of hydrogen-bond acceptors (Lipinski definition) is 6. The molecule has 1 amide bonds. The monoisotopic (exact) mass is 275 g/mol. The Labute approximate surface area is 114 Å². The van der Waals surface area contributed by atoms with Gasteiger partial charge in [0, 0.05) is 12.0 Å². The molecule has 0 atom stereocenters. The lowest BCUT2D eigenvalue weighted by Gasteiger charge is -1.98. The van der Waals surface area contributed by atoms with Crippen LogP contribution in [-0.2, 0) is 4.74 Å². The van der Waals surface area contributed by atoms with Crippen LogP contribution in [0, 0.1) is 0 Å². The number of benzene rings is 1. The van der Waals surface area contributed by atoms with Crippen LogP contribution in [0.2, 0.25) is 0 Å². The van der Waals surface area contributed by atoms with Crippen LogP contribution in [0.3, 0.4) is 0 Å². The first-order valence-electron chi connectivity index (χ1n) is 6.01. The number of rotatable bonds is 6. The molecule has 0 fully saturated rings. The van der Waals surface area contributed by atoms with Gasteiger partial charge in [0.05, 0.1) is 6.61 Å². The van der Waals surface area contributed by atoms with E-state index in [1.54, 1.807) is 0 Å². The average Bonchev–Trinajstić information content (AvgIpc) is 2.94. The Morgan fingerprint density at radius 2 is 2.00 bits per heavy atom. The fourth-order valence-electron chi connectivity index (χ4n) is 1.55. The fraction of sp³-hybridized carbons (Fsp3) is 0.231. The summed E-state index contributed by atoms with van der Waals surface area (Å²) in [4.78, 5) is 26.2. The van der Waals surface area contributed by atoms with Gasteiger partial charge in [-0.1, -0.05) is 23.4 Å². The van der Waals surface area contributed by atoms with Gasteiger partial charge in [-0.25, -0.2) is 4.79 Å². The molecular weight excluding hydrogens is 262 g/mol. The molecule has 0 saturated heterocycles. The highest BCUT2D eigenvalue weighted by molar-refractivity contribution is 5.92. The Morgan fingerprint density at radius 1 is 1.25 bits per heavy atom. The first-order chi connectivity index (χ1) is 9.66. The number of carbonyl (C=O) groups is 2. The van der Waals surface area contributed by atoms with Crippen LogP contribution in [0.25, 0.3) is 11.5 Å². The predicted octanol–water partition coefficient (Wildman–Crippen LogP) is 1.79.